The minimum Gasteiger partial charge on any atom is -0.545 e. The number of para-hydroxylation sites is 1. The maximum Gasteiger partial charge on any atom is 0.276 e. The van der Waals surface area contributed by atoms with Crippen LogP contribution in [0, 0.1) is 0 Å². The molecule has 0 saturated carbocycles. The molecule has 0 aliphatic carbocycles. The fourth-order valence-electron chi connectivity index (χ4n) is 1.49. The Bertz CT molecular complexity index is 604. The lowest BCUT2D eigenvalue weighted by Gasteiger charge is -2.10. The number of aromatic carboxylic acids is 1. The van der Waals surface area contributed by atoms with Crippen LogP contribution in [0.4, 0.5) is 5.69 Å². The third-order valence-corrected chi connectivity index (χ3v) is 2.34. The smallest absolute Gasteiger partial charge is 0.276 e. The molecular weight excluding hydrogens is 234 g/mol. The summed E-state index contributed by atoms with van der Waals surface area (Å²) in [5, 5.41) is 17.3. The third kappa shape index (κ3) is 2.37. The Kier molecular flexibility index (Phi) is 3.09. The molecule has 0 unspecified atom stereocenters. The second-order valence-corrected chi connectivity index (χ2v) is 3.66. The van der Waals surface area contributed by atoms with E-state index < -0.39 is 11.9 Å². The Labute approximate surface area is 103 Å². The van der Waals surface area contributed by atoms with Crippen molar-refractivity contribution < 1.29 is 14.7 Å². The Hall–Kier alpha value is -2.63. The van der Waals surface area contributed by atoms with Gasteiger partial charge in [-0.15, -0.1) is 0 Å². The molecule has 0 spiro atoms. The van der Waals surface area contributed by atoms with Crippen LogP contribution in [0.3, 0.4) is 0 Å². The maximum absolute atomic E-state index is 11.8. The number of benzene rings is 1. The van der Waals surface area contributed by atoms with Gasteiger partial charge in [0.05, 0.1) is 11.7 Å². The quantitative estimate of drug-likeness (QED) is 0.825. The SMILES string of the molecule is Cn1ccc(C(=O)Nc2ccccc2C(=O)[O-])n1. The second-order valence-electron chi connectivity index (χ2n) is 3.66. The molecule has 6 heteroatoms. The Morgan fingerprint density at radius 1 is 1.28 bits per heavy atom. The van der Waals surface area contributed by atoms with Crippen LogP contribution in [0.25, 0.3) is 0 Å². The summed E-state index contributed by atoms with van der Waals surface area (Å²) in [4.78, 5) is 22.7. The van der Waals surface area contributed by atoms with Gasteiger partial charge < -0.3 is 15.2 Å². The van der Waals surface area contributed by atoms with E-state index in [-0.39, 0.29) is 16.9 Å². The predicted octanol–water partition coefficient (Wildman–Crippen LogP) is 0.0359. The molecule has 1 aromatic carbocycles. The largest absolute Gasteiger partial charge is 0.545 e. The summed E-state index contributed by atoms with van der Waals surface area (Å²) in [6.07, 6.45) is 1.62. The van der Waals surface area contributed by atoms with E-state index in [4.69, 9.17) is 0 Å². The Balaban J connectivity index is 2.24. The highest BCUT2D eigenvalue weighted by Crippen LogP contribution is 2.14. The van der Waals surface area contributed by atoms with Crippen molar-refractivity contribution in [1.82, 2.24) is 9.78 Å². The van der Waals surface area contributed by atoms with E-state index >= 15 is 0 Å². The average Bonchev–Trinajstić information content (AvgIpc) is 2.76. The lowest BCUT2D eigenvalue weighted by molar-refractivity contribution is -0.254. The first kappa shape index (κ1) is 11.8. The van der Waals surface area contributed by atoms with E-state index in [2.05, 4.69) is 10.4 Å². The summed E-state index contributed by atoms with van der Waals surface area (Å²) >= 11 is 0. The number of amides is 1. The summed E-state index contributed by atoms with van der Waals surface area (Å²) < 4.78 is 1.49. The third-order valence-electron chi connectivity index (χ3n) is 2.34. The van der Waals surface area contributed by atoms with Crippen LogP contribution in [0.5, 0.6) is 0 Å². The van der Waals surface area contributed by atoms with Gasteiger partial charge in [-0.1, -0.05) is 18.2 Å². The van der Waals surface area contributed by atoms with Crippen molar-refractivity contribution in [2.75, 3.05) is 5.32 Å². The van der Waals surface area contributed by atoms with Crippen molar-refractivity contribution in [2.45, 2.75) is 0 Å². The van der Waals surface area contributed by atoms with E-state index in [0.29, 0.717) is 0 Å². The molecule has 1 amide bonds. The van der Waals surface area contributed by atoms with Gasteiger partial charge in [-0.3, -0.25) is 9.48 Å². The lowest BCUT2D eigenvalue weighted by atomic mass is 10.2. The normalized spacial score (nSPS) is 10.1. The van der Waals surface area contributed by atoms with E-state index in [9.17, 15) is 14.7 Å². The number of rotatable bonds is 3. The van der Waals surface area contributed by atoms with Crippen LogP contribution >= 0.6 is 0 Å². The minimum absolute atomic E-state index is 0.0678. The zero-order chi connectivity index (χ0) is 13.1. The fourth-order valence-corrected chi connectivity index (χ4v) is 1.49. The summed E-state index contributed by atoms with van der Waals surface area (Å²) in [6.45, 7) is 0. The standard InChI is InChI=1S/C12H11N3O3/c1-15-7-6-10(14-15)11(16)13-9-5-3-2-4-8(9)12(17)18/h2-7H,1H3,(H,13,16)(H,17,18)/p-1. The zero-order valence-corrected chi connectivity index (χ0v) is 9.58. The van der Waals surface area contributed by atoms with Gasteiger partial charge in [0, 0.05) is 18.8 Å². The minimum atomic E-state index is -1.34. The van der Waals surface area contributed by atoms with Crippen LogP contribution in [0.15, 0.2) is 36.5 Å². The predicted molar refractivity (Wildman–Crippen MR) is 61.9 cm³/mol. The van der Waals surface area contributed by atoms with Gasteiger partial charge in [-0.05, 0) is 12.1 Å². The first-order valence-electron chi connectivity index (χ1n) is 5.19. The monoisotopic (exact) mass is 244 g/mol. The number of anilines is 1. The number of hydrogen-bond acceptors (Lipinski definition) is 4. The number of carboxylic acids is 1. The molecule has 0 atom stereocenters. The van der Waals surface area contributed by atoms with Crippen LogP contribution in [-0.4, -0.2) is 21.7 Å². The number of aryl methyl sites for hydroxylation is 1. The molecule has 1 heterocycles. The van der Waals surface area contributed by atoms with E-state index in [0.717, 1.165) is 0 Å². The van der Waals surface area contributed by atoms with Crippen molar-refractivity contribution in [3.63, 3.8) is 0 Å². The summed E-state index contributed by atoms with van der Waals surface area (Å²) in [5.74, 6) is -1.81. The molecule has 0 saturated heterocycles. The lowest BCUT2D eigenvalue weighted by Crippen LogP contribution is -2.25. The highest BCUT2D eigenvalue weighted by Gasteiger charge is 2.11. The summed E-state index contributed by atoms with van der Waals surface area (Å²) in [7, 11) is 1.69. The molecule has 0 aliphatic rings. The van der Waals surface area contributed by atoms with Crippen molar-refractivity contribution in [3.8, 4) is 0 Å². The number of carbonyl (C=O) groups is 2. The van der Waals surface area contributed by atoms with E-state index in [1.165, 1.54) is 22.9 Å². The molecule has 0 bridgehead atoms. The Morgan fingerprint density at radius 2 is 2.00 bits per heavy atom. The van der Waals surface area contributed by atoms with Gasteiger partial charge in [0.15, 0.2) is 5.69 Å². The first-order chi connectivity index (χ1) is 8.58. The molecule has 0 aliphatic heterocycles. The topological polar surface area (TPSA) is 87.0 Å². The zero-order valence-electron chi connectivity index (χ0n) is 9.58. The molecule has 18 heavy (non-hydrogen) atoms. The molecule has 2 rings (SSSR count). The summed E-state index contributed by atoms with van der Waals surface area (Å²) in [5.41, 5.74) is 0.334. The Morgan fingerprint density at radius 3 is 2.61 bits per heavy atom. The number of nitrogens with zero attached hydrogens (tertiary/aromatic N) is 2. The van der Waals surface area contributed by atoms with Gasteiger partial charge in [0.2, 0.25) is 0 Å². The molecule has 1 aromatic heterocycles. The van der Waals surface area contributed by atoms with E-state index in [1.54, 1.807) is 25.4 Å². The van der Waals surface area contributed by atoms with Crippen LogP contribution in [0.2, 0.25) is 0 Å². The van der Waals surface area contributed by atoms with Crippen molar-refractivity contribution in [3.05, 3.63) is 47.8 Å². The highest BCUT2D eigenvalue weighted by atomic mass is 16.4. The molecule has 1 N–H and O–H groups in total. The molecule has 0 radical (unpaired) electrons. The fraction of sp³-hybridized carbons (Fsp3) is 0.0833. The van der Waals surface area contributed by atoms with Crippen LogP contribution in [0.1, 0.15) is 20.8 Å². The van der Waals surface area contributed by atoms with Crippen molar-refractivity contribution in [2.24, 2.45) is 7.05 Å². The number of carbonyl (C=O) groups excluding carboxylic acids is 2. The van der Waals surface area contributed by atoms with Gasteiger partial charge in [0.1, 0.15) is 0 Å². The average molecular weight is 244 g/mol. The van der Waals surface area contributed by atoms with Crippen molar-refractivity contribution in [1.29, 1.82) is 0 Å². The maximum atomic E-state index is 11.8. The molecular formula is C12H10N3O3-. The van der Waals surface area contributed by atoms with Gasteiger partial charge >= 0.3 is 0 Å². The van der Waals surface area contributed by atoms with Crippen LogP contribution < -0.4 is 10.4 Å². The molecule has 92 valence electrons. The number of hydrogen-bond donors (Lipinski definition) is 1. The van der Waals surface area contributed by atoms with Gasteiger partial charge in [0.25, 0.3) is 5.91 Å². The highest BCUT2D eigenvalue weighted by molar-refractivity contribution is 6.06. The van der Waals surface area contributed by atoms with Crippen LogP contribution in [-0.2, 0) is 7.05 Å². The molecule has 6 nitrogen and oxygen atoms in total. The summed E-state index contributed by atoms with van der Waals surface area (Å²) in [6, 6.07) is 7.58. The number of nitrogens with one attached hydrogen (secondary N) is 1. The van der Waals surface area contributed by atoms with Crippen molar-refractivity contribution >= 4 is 17.6 Å². The second kappa shape index (κ2) is 4.70. The van der Waals surface area contributed by atoms with Gasteiger partial charge in [-0.25, -0.2) is 0 Å². The van der Waals surface area contributed by atoms with Gasteiger partial charge in [-0.2, -0.15) is 5.10 Å². The first-order valence-corrected chi connectivity index (χ1v) is 5.19. The molecule has 0 fully saturated rings. The van der Waals surface area contributed by atoms with E-state index in [1.807, 2.05) is 0 Å². The number of aromatic nitrogens is 2. The number of carboxylic acid groups (broad SMARTS) is 1. The molecule has 2 aromatic rings.